The number of aromatic nitrogens is 1. The second kappa shape index (κ2) is 4.78. The smallest absolute Gasteiger partial charge is 0.307 e. The summed E-state index contributed by atoms with van der Waals surface area (Å²) in [7, 11) is 0. The third-order valence-corrected chi connectivity index (χ3v) is 4.31. The zero-order valence-electron chi connectivity index (χ0n) is 11.3. The van der Waals surface area contributed by atoms with Gasteiger partial charge in [-0.15, -0.1) is 0 Å². The van der Waals surface area contributed by atoms with Gasteiger partial charge in [0.2, 0.25) is 0 Å². The van der Waals surface area contributed by atoms with Crippen molar-refractivity contribution in [3.8, 4) is 0 Å². The number of nitrogens with one attached hydrogen (secondary N) is 1. The molecule has 1 aromatic carbocycles. The van der Waals surface area contributed by atoms with E-state index in [1.807, 2.05) is 31.2 Å². The molecule has 1 fully saturated rings. The van der Waals surface area contributed by atoms with Crippen LogP contribution >= 0.6 is 0 Å². The Bertz CT molecular complexity index is 686. The molecule has 3 rings (SSSR count). The molecule has 1 heterocycles. The van der Waals surface area contributed by atoms with E-state index in [9.17, 15) is 14.7 Å². The highest BCUT2D eigenvalue weighted by Gasteiger charge is 2.39. The number of carboxylic acids is 1. The Kier molecular flexibility index (Phi) is 3.08. The summed E-state index contributed by atoms with van der Waals surface area (Å²) in [5.41, 5.74) is 2.42. The maximum Gasteiger partial charge on any atom is 0.307 e. The number of aromatic amines is 1. The van der Waals surface area contributed by atoms with Crippen molar-refractivity contribution in [3.63, 3.8) is 0 Å². The van der Waals surface area contributed by atoms with Gasteiger partial charge < -0.3 is 10.1 Å². The monoisotopic (exact) mass is 271 g/mol. The Morgan fingerprint density at radius 2 is 1.90 bits per heavy atom. The molecule has 2 atom stereocenters. The Morgan fingerprint density at radius 3 is 2.65 bits per heavy atom. The van der Waals surface area contributed by atoms with Gasteiger partial charge in [-0.25, -0.2) is 0 Å². The normalized spacial score (nSPS) is 22.2. The fourth-order valence-electron chi connectivity index (χ4n) is 3.35. The summed E-state index contributed by atoms with van der Waals surface area (Å²) in [5.74, 6) is -1.79. The number of carbonyl (C=O) groups is 2. The Hall–Kier alpha value is -2.10. The predicted octanol–water partition coefficient (Wildman–Crippen LogP) is 3.16. The SMILES string of the molecule is Cc1[nH]c2ccccc2c1C(=O)C1CCCC1C(=O)O. The molecule has 2 unspecified atom stereocenters. The maximum absolute atomic E-state index is 12.8. The van der Waals surface area contributed by atoms with E-state index in [0.717, 1.165) is 23.0 Å². The number of H-pyrrole nitrogens is 1. The highest BCUT2D eigenvalue weighted by molar-refractivity contribution is 6.11. The quantitative estimate of drug-likeness (QED) is 0.842. The second-order valence-corrected chi connectivity index (χ2v) is 5.52. The van der Waals surface area contributed by atoms with Crippen LogP contribution in [0.1, 0.15) is 35.3 Å². The molecule has 0 aliphatic heterocycles. The van der Waals surface area contributed by atoms with Gasteiger partial charge in [0.25, 0.3) is 0 Å². The molecule has 0 radical (unpaired) electrons. The van der Waals surface area contributed by atoms with Gasteiger partial charge >= 0.3 is 5.97 Å². The number of hydrogen-bond acceptors (Lipinski definition) is 2. The number of ketones is 1. The molecule has 104 valence electrons. The number of benzene rings is 1. The summed E-state index contributed by atoms with van der Waals surface area (Å²) in [6.07, 6.45) is 2.09. The molecule has 1 aliphatic carbocycles. The summed E-state index contributed by atoms with van der Waals surface area (Å²) in [6.45, 7) is 1.87. The predicted molar refractivity (Wildman–Crippen MR) is 75.8 cm³/mol. The van der Waals surface area contributed by atoms with E-state index in [-0.39, 0.29) is 11.7 Å². The van der Waals surface area contributed by atoms with Crippen LogP contribution in [0.3, 0.4) is 0 Å². The first-order chi connectivity index (χ1) is 9.59. The minimum Gasteiger partial charge on any atom is -0.481 e. The molecule has 20 heavy (non-hydrogen) atoms. The molecule has 2 aromatic rings. The van der Waals surface area contributed by atoms with Gasteiger partial charge in [0, 0.05) is 28.1 Å². The van der Waals surface area contributed by atoms with Crippen molar-refractivity contribution < 1.29 is 14.7 Å². The molecule has 0 bridgehead atoms. The summed E-state index contributed by atoms with van der Waals surface area (Å²) in [5, 5.41) is 10.1. The first kappa shape index (κ1) is 12.9. The van der Waals surface area contributed by atoms with Crippen LogP contribution in [0, 0.1) is 18.8 Å². The summed E-state index contributed by atoms with van der Waals surface area (Å²) >= 11 is 0. The lowest BCUT2D eigenvalue weighted by Gasteiger charge is -2.14. The van der Waals surface area contributed by atoms with Crippen LogP contribution in [0.25, 0.3) is 10.9 Å². The first-order valence-electron chi connectivity index (χ1n) is 6.94. The second-order valence-electron chi connectivity index (χ2n) is 5.52. The number of para-hydroxylation sites is 1. The van der Waals surface area contributed by atoms with Crippen LogP contribution in [0.5, 0.6) is 0 Å². The topological polar surface area (TPSA) is 70.2 Å². The highest BCUT2D eigenvalue weighted by Crippen LogP contribution is 2.36. The minimum absolute atomic E-state index is 0.0233. The van der Waals surface area contributed by atoms with Gasteiger partial charge in [-0.2, -0.15) is 0 Å². The fourth-order valence-corrected chi connectivity index (χ4v) is 3.35. The third kappa shape index (κ3) is 1.92. The maximum atomic E-state index is 12.8. The number of rotatable bonds is 3. The standard InChI is InChI=1S/C16H17NO3/c1-9-14(12-5-2-3-8-13(12)17-9)15(18)10-6-4-7-11(10)16(19)20/h2-3,5,8,10-11,17H,4,6-7H2,1H3,(H,19,20). The molecular weight excluding hydrogens is 254 g/mol. The van der Waals surface area contributed by atoms with Crippen molar-refractivity contribution in [1.82, 2.24) is 4.98 Å². The molecule has 1 aromatic heterocycles. The first-order valence-corrected chi connectivity index (χ1v) is 6.94. The molecule has 0 spiro atoms. The average molecular weight is 271 g/mol. The van der Waals surface area contributed by atoms with E-state index in [1.165, 1.54) is 0 Å². The van der Waals surface area contributed by atoms with Gasteiger partial charge in [-0.05, 0) is 25.8 Å². The average Bonchev–Trinajstić information content (AvgIpc) is 3.01. The minimum atomic E-state index is -0.849. The van der Waals surface area contributed by atoms with Gasteiger partial charge in [0.1, 0.15) is 0 Å². The lowest BCUT2D eigenvalue weighted by molar-refractivity contribution is -0.142. The Morgan fingerprint density at radius 1 is 1.20 bits per heavy atom. The fraction of sp³-hybridized carbons (Fsp3) is 0.375. The van der Waals surface area contributed by atoms with E-state index in [0.29, 0.717) is 18.4 Å². The number of aliphatic carboxylic acids is 1. The van der Waals surface area contributed by atoms with Crippen molar-refractivity contribution in [2.75, 3.05) is 0 Å². The molecule has 0 saturated heterocycles. The van der Waals surface area contributed by atoms with Crippen molar-refractivity contribution >= 4 is 22.7 Å². The molecule has 4 heteroatoms. The molecule has 0 amide bonds. The molecule has 2 N–H and O–H groups in total. The van der Waals surface area contributed by atoms with Gasteiger partial charge in [-0.1, -0.05) is 24.6 Å². The number of hydrogen-bond donors (Lipinski definition) is 2. The lowest BCUT2D eigenvalue weighted by atomic mass is 9.87. The van der Waals surface area contributed by atoms with Crippen molar-refractivity contribution in [2.45, 2.75) is 26.2 Å². The van der Waals surface area contributed by atoms with E-state index in [4.69, 9.17) is 0 Å². The molecular formula is C16H17NO3. The summed E-state index contributed by atoms with van der Waals surface area (Å²) in [6, 6.07) is 7.66. The van der Waals surface area contributed by atoms with E-state index in [1.54, 1.807) is 0 Å². The summed E-state index contributed by atoms with van der Waals surface area (Å²) < 4.78 is 0. The Balaban J connectivity index is 2.04. The largest absolute Gasteiger partial charge is 0.481 e. The van der Waals surface area contributed by atoms with Crippen molar-refractivity contribution in [3.05, 3.63) is 35.5 Å². The lowest BCUT2D eigenvalue weighted by Crippen LogP contribution is -2.25. The molecule has 4 nitrogen and oxygen atoms in total. The molecule has 1 aliphatic rings. The van der Waals surface area contributed by atoms with E-state index in [2.05, 4.69) is 4.98 Å². The number of aryl methyl sites for hydroxylation is 1. The highest BCUT2D eigenvalue weighted by atomic mass is 16.4. The Labute approximate surface area is 116 Å². The number of fused-ring (bicyclic) bond motifs is 1. The van der Waals surface area contributed by atoms with Crippen LogP contribution in [-0.2, 0) is 4.79 Å². The number of Topliss-reactive ketones (excluding diaryl/α,β-unsaturated/α-hetero) is 1. The van der Waals surface area contributed by atoms with E-state index >= 15 is 0 Å². The van der Waals surface area contributed by atoms with Gasteiger partial charge in [0.15, 0.2) is 5.78 Å². The van der Waals surface area contributed by atoms with Crippen LogP contribution in [0.15, 0.2) is 24.3 Å². The third-order valence-electron chi connectivity index (χ3n) is 4.31. The van der Waals surface area contributed by atoms with Crippen molar-refractivity contribution in [2.24, 2.45) is 11.8 Å². The van der Waals surface area contributed by atoms with Gasteiger partial charge in [0.05, 0.1) is 5.92 Å². The van der Waals surface area contributed by atoms with Crippen LogP contribution in [0.4, 0.5) is 0 Å². The van der Waals surface area contributed by atoms with Crippen LogP contribution in [0.2, 0.25) is 0 Å². The number of carbonyl (C=O) groups excluding carboxylic acids is 1. The zero-order chi connectivity index (χ0) is 14.3. The van der Waals surface area contributed by atoms with E-state index < -0.39 is 11.9 Å². The summed E-state index contributed by atoms with van der Waals surface area (Å²) in [4.78, 5) is 27.3. The zero-order valence-corrected chi connectivity index (χ0v) is 11.3. The van der Waals surface area contributed by atoms with Crippen LogP contribution in [-0.4, -0.2) is 21.8 Å². The van der Waals surface area contributed by atoms with Crippen molar-refractivity contribution in [1.29, 1.82) is 0 Å². The molecule has 1 saturated carbocycles. The number of carboxylic acid groups (broad SMARTS) is 1. The van der Waals surface area contributed by atoms with Gasteiger partial charge in [-0.3, -0.25) is 9.59 Å². The van der Waals surface area contributed by atoms with Crippen LogP contribution < -0.4 is 0 Å².